The number of carbonyl (C=O) groups is 2. The third kappa shape index (κ3) is 4.53. The molecule has 0 aromatic heterocycles. The van der Waals surface area contributed by atoms with Gasteiger partial charge in [0.05, 0.1) is 17.7 Å². The van der Waals surface area contributed by atoms with Gasteiger partial charge in [-0.3, -0.25) is 0 Å². The summed E-state index contributed by atoms with van der Waals surface area (Å²) in [5.74, 6) is 0.616. The van der Waals surface area contributed by atoms with Gasteiger partial charge in [0.1, 0.15) is 6.10 Å². The first-order chi connectivity index (χ1) is 15.0. The molecule has 164 valence electrons. The summed E-state index contributed by atoms with van der Waals surface area (Å²) in [6.45, 7) is 4.97. The van der Waals surface area contributed by atoms with Crippen LogP contribution in [-0.2, 0) is 9.47 Å². The molecule has 0 amide bonds. The normalized spacial score (nSPS) is 28.4. The maximum absolute atomic E-state index is 12.7. The van der Waals surface area contributed by atoms with E-state index < -0.39 is 0 Å². The maximum Gasteiger partial charge on any atom is 0.338 e. The fourth-order valence-corrected chi connectivity index (χ4v) is 6.00. The van der Waals surface area contributed by atoms with Crippen LogP contribution >= 0.6 is 0 Å². The number of hydrogen-bond acceptors (Lipinski definition) is 4. The van der Waals surface area contributed by atoms with Gasteiger partial charge in [-0.1, -0.05) is 50.2 Å². The highest BCUT2D eigenvalue weighted by atomic mass is 16.5. The first-order valence-electron chi connectivity index (χ1n) is 11.5. The quantitative estimate of drug-likeness (QED) is 0.544. The second-order valence-electron chi connectivity index (χ2n) is 9.44. The highest BCUT2D eigenvalue weighted by molar-refractivity contribution is 5.89. The van der Waals surface area contributed by atoms with Crippen molar-refractivity contribution in [3.63, 3.8) is 0 Å². The molecule has 4 heteroatoms. The van der Waals surface area contributed by atoms with Crippen LogP contribution < -0.4 is 0 Å². The zero-order valence-corrected chi connectivity index (χ0v) is 18.5. The Labute approximate surface area is 185 Å². The molecule has 2 aromatic carbocycles. The predicted molar refractivity (Wildman–Crippen MR) is 120 cm³/mol. The van der Waals surface area contributed by atoms with Gasteiger partial charge in [0.2, 0.25) is 0 Å². The van der Waals surface area contributed by atoms with Crippen LogP contribution in [0.4, 0.5) is 0 Å². The molecule has 4 nitrogen and oxygen atoms in total. The van der Waals surface area contributed by atoms with Gasteiger partial charge in [-0.25, -0.2) is 9.59 Å². The van der Waals surface area contributed by atoms with Crippen LogP contribution in [0.3, 0.4) is 0 Å². The highest BCUT2D eigenvalue weighted by Crippen LogP contribution is 2.58. The number of hydrogen-bond donors (Lipinski definition) is 0. The van der Waals surface area contributed by atoms with Crippen molar-refractivity contribution in [2.45, 2.75) is 52.1 Å². The van der Waals surface area contributed by atoms with Crippen molar-refractivity contribution in [3.8, 4) is 0 Å². The van der Waals surface area contributed by atoms with E-state index in [0.717, 1.165) is 32.1 Å². The average Bonchev–Trinajstić information content (AvgIpc) is 3.16. The van der Waals surface area contributed by atoms with Crippen molar-refractivity contribution in [1.82, 2.24) is 0 Å². The number of fused-ring (bicyclic) bond motifs is 1. The smallest absolute Gasteiger partial charge is 0.338 e. The first-order valence-corrected chi connectivity index (χ1v) is 11.5. The number of benzene rings is 2. The van der Waals surface area contributed by atoms with Crippen LogP contribution in [-0.4, -0.2) is 24.6 Å². The van der Waals surface area contributed by atoms with E-state index in [1.54, 1.807) is 12.1 Å². The van der Waals surface area contributed by atoms with E-state index in [1.165, 1.54) is 0 Å². The summed E-state index contributed by atoms with van der Waals surface area (Å²) in [7, 11) is 0. The van der Waals surface area contributed by atoms with Crippen molar-refractivity contribution in [3.05, 3.63) is 71.8 Å². The van der Waals surface area contributed by atoms with Crippen LogP contribution in [0.2, 0.25) is 0 Å². The lowest BCUT2D eigenvalue weighted by Gasteiger charge is -2.46. The number of rotatable bonds is 6. The molecule has 0 bridgehead atoms. The molecule has 2 aromatic rings. The molecule has 2 fully saturated rings. The van der Waals surface area contributed by atoms with Gasteiger partial charge in [-0.15, -0.1) is 0 Å². The molecule has 2 aliphatic carbocycles. The molecule has 0 saturated heterocycles. The third-order valence-electron chi connectivity index (χ3n) is 7.58. The van der Waals surface area contributed by atoms with Crippen molar-refractivity contribution < 1.29 is 19.1 Å². The molecule has 0 heterocycles. The molecule has 2 aliphatic rings. The SMILES string of the molecule is C[C@H](COC(=O)c1ccccc1)[C@H]1CC[C@H]2[C@@H](OC(=O)c3ccccc3)CCC[C@]12C. The standard InChI is InChI=1S/C27H32O4/c1-19(18-30-25(28)20-10-5-3-6-11-20)22-15-16-23-24(14-9-17-27(22,23)2)31-26(29)21-12-7-4-8-13-21/h3-8,10-13,19,22-24H,9,14-18H2,1-2H3/t19-,22-,23+,24+,27-/m1/s1. The highest BCUT2D eigenvalue weighted by Gasteiger charge is 2.53. The summed E-state index contributed by atoms with van der Waals surface area (Å²) in [4.78, 5) is 25.0. The minimum Gasteiger partial charge on any atom is -0.462 e. The van der Waals surface area contributed by atoms with Gasteiger partial charge in [0.25, 0.3) is 0 Å². The second kappa shape index (κ2) is 9.25. The van der Waals surface area contributed by atoms with E-state index in [9.17, 15) is 9.59 Å². The minimum atomic E-state index is -0.259. The summed E-state index contributed by atoms with van der Waals surface area (Å²) in [5, 5.41) is 0. The zero-order valence-electron chi connectivity index (χ0n) is 18.5. The Bertz CT molecular complexity index is 894. The summed E-state index contributed by atoms with van der Waals surface area (Å²) < 4.78 is 11.7. The van der Waals surface area contributed by atoms with E-state index in [4.69, 9.17) is 9.47 Å². The van der Waals surface area contributed by atoms with Crippen LogP contribution in [0.15, 0.2) is 60.7 Å². The minimum absolute atomic E-state index is 0.0319. The van der Waals surface area contributed by atoms with E-state index in [2.05, 4.69) is 13.8 Å². The molecule has 0 unspecified atom stereocenters. The third-order valence-corrected chi connectivity index (χ3v) is 7.58. The Balaban J connectivity index is 1.39. The Morgan fingerprint density at radius 2 is 1.55 bits per heavy atom. The Hall–Kier alpha value is -2.62. The van der Waals surface area contributed by atoms with Gasteiger partial charge < -0.3 is 9.47 Å². The summed E-state index contributed by atoms with van der Waals surface area (Å²) >= 11 is 0. The Kier molecular flexibility index (Phi) is 6.45. The topological polar surface area (TPSA) is 52.6 Å². The van der Waals surface area contributed by atoms with Gasteiger partial charge in [0, 0.05) is 5.92 Å². The number of esters is 2. The second-order valence-corrected chi connectivity index (χ2v) is 9.44. The van der Waals surface area contributed by atoms with Crippen molar-refractivity contribution >= 4 is 11.9 Å². The fraction of sp³-hybridized carbons (Fsp3) is 0.481. The van der Waals surface area contributed by atoms with Crippen LogP contribution in [0.5, 0.6) is 0 Å². The zero-order chi connectivity index (χ0) is 21.8. The van der Waals surface area contributed by atoms with Crippen molar-refractivity contribution in [2.24, 2.45) is 23.2 Å². The summed E-state index contributed by atoms with van der Waals surface area (Å²) in [5.41, 5.74) is 1.32. The van der Waals surface area contributed by atoms with E-state index in [0.29, 0.717) is 29.6 Å². The lowest BCUT2D eigenvalue weighted by Crippen LogP contribution is -2.43. The van der Waals surface area contributed by atoms with E-state index in [1.807, 2.05) is 48.5 Å². The Morgan fingerprint density at radius 3 is 2.19 bits per heavy atom. The Morgan fingerprint density at radius 1 is 0.935 bits per heavy atom. The molecular formula is C27H32O4. The maximum atomic E-state index is 12.7. The average molecular weight is 421 g/mol. The van der Waals surface area contributed by atoms with Gasteiger partial charge in [0.15, 0.2) is 0 Å². The van der Waals surface area contributed by atoms with Crippen LogP contribution in [0.25, 0.3) is 0 Å². The summed E-state index contributed by atoms with van der Waals surface area (Å²) in [6, 6.07) is 18.4. The van der Waals surface area contributed by atoms with Crippen molar-refractivity contribution in [1.29, 1.82) is 0 Å². The van der Waals surface area contributed by atoms with E-state index >= 15 is 0 Å². The molecule has 0 aliphatic heterocycles. The van der Waals surface area contributed by atoms with Crippen molar-refractivity contribution in [2.75, 3.05) is 6.61 Å². The van der Waals surface area contributed by atoms with Crippen LogP contribution in [0, 0.1) is 23.2 Å². The van der Waals surface area contributed by atoms with Gasteiger partial charge in [-0.05, 0) is 73.6 Å². The van der Waals surface area contributed by atoms with Crippen LogP contribution in [0.1, 0.15) is 66.7 Å². The summed E-state index contributed by atoms with van der Waals surface area (Å²) in [6.07, 6.45) is 5.25. The van der Waals surface area contributed by atoms with E-state index in [-0.39, 0.29) is 29.4 Å². The lowest BCUT2D eigenvalue weighted by molar-refractivity contribution is -0.0511. The first kappa shape index (κ1) is 21.6. The fourth-order valence-electron chi connectivity index (χ4n) is 6.00. The molecular weight excluding hydrogens is 388 g/mol. The van der Waals surface area contributed by atoms with Gasteiger partial charge >= 0.3 is 11.9 Å². The largest absolute Gasteiger partial charge is 0.462 e. The molecule has 0 radical (unpaired) electrons. The number of carbonyl (C=O) groups excluding carboxylic acids is 2. The molecule has 31 heavy (non-hydrogen) atoms. The monoisotopic (exact) mass is 420 g/mol. The number of ether oxygens (including phenoxy) is 2. The predicted octanol–water partition coefficient (Wildman–Crippen LogP) is 5.92. The molecule has 0 spiro atoms. The lowest BCUT2D eigenvalue weighted by atomic mass is 9.62. The van der Waals surface area contributed by atoms with Gasteiger partial charge in [-0.2, -0.15) is 0 Å². The molecule has 5 atom stereocenters. The molecule has 0 N–H and O–H groups in total. The molecule has 2 saturated carbocycles. The molecule has 4 rings (SSSR count).